The Morgan fingerprint density at radius 2 is 1.71 bits per heavy atom. The Balaban J connectivity index is 2.24. The van der Waals surface area contributed by atoms with Crippen molar-refractivity contribution in [2.45, 2.75) is 4.90 Å². The van der Waals surface area contributed by atoms with Gasteiger partial charge in [0.15, 0.2) is 0 Å². The summed E-state index contributed by atoms with van der Waals surface area (Å²) in [6.45, 7) is 0. The van der Waals surface area contributed by atoms with Gasteiger partial charge in [-0.25, -0.2) is 0 Å². The highest BCUT2D eigenvalue weighted by Crippen LogP contribution is 2.21. The van der Waals surface area contributed by atoms with E-state index in [-0.39, 0.29) is 5.91 Å². The van der Waals surface area contributed by atoms with Crippen molar-refractivity contribution in [2.24, 2.45) is 0 Å². The minimum absolute atomic E-state index is 0.154. The van der Waals surface area contributed by atoms with Crippen LogP contribution in [0.4, 0.5) is 5.69 Å². The molecule has 0 saturated carbocycles. The lowest BCUT2D eigenvalue weighted by Gasteiger charge is -2.08. The lowest BCUT2D eigenvalue weighted by molar-refractivity contribution is 0.102. The lowest BCUT2D eigenvalue weighted by Crippen LogP contribution is -2.12. The van der Waals surface area contributed by atoms with E-state index in [0.29, 0.717) is 11.3 Å². The molecule has 0 aromatic heterocycles. The van der Waals surface area contributed by atoms with E-state index < -0.39 is 0 Å². The van der Waals surface area contributed by atoms with Gasteiger partial charge >= 0.3 is 0 Å². The van der Waals surface area contributed by atoms with Crippen LogP contribution in [0.1, 0.15) is 10.4 Å². The molecule has 0 unspecified atom stereocenters. The zero-order valence-corrected chi connectivity index (χ0v) is 11.3. The second-order valence-corrected chi connectivity index (χ2v) is 4.79. The highest BCUT2D eigenvalue weighted by molar-refractivity contribution is 9.10. The average Bonchev–Trinajstić information content (AvgIpc) is 2.32. The number of para-hydroxylation sites is 1. The second-order valence-electron chi connectivity index (χ2n) is 3.45. The Kier molecular flexibility index (Phi) is 3.86. The van der Waals surface area contributed by atoms with E-state index in [2.05, 4.69) is 33.9 Å². The monoisotopic (exact) mass is 307 g/mol. The molecule has 17 heavy (non-hydrogen) atoms. The maximum Gasteiger partial charge on any atom is 0.256 e. The Morgan fingerprint density at radius 1 is 1.06 bits per heavy atom. The number of amides is 1. The Bertz CT molecular complexity index is 557. The molecule has 2 rings (SSSR count). The minimum atomic E-state index is -0.154. The van der Waals surface area contributed by atoms with Crippen molar-refractivity contribution in [3.8, 4) is 0 Å². The third kappa shape index (κ3) is 2.90. The first-order valence-corrected chi connectivity index (χ1v) is 6.26. The highest BCUT2D eigenvalue weighted by atomic mass is 79.9. The summed E-state index contributed by atoms with van der Waals surface area (Å²) in [5.74, 6) is -0.154. The maximum atomic E-state index is 12.0. The normalized spacial score (nSPS) is 10.0. The largest absolute Gasteiger partial charge is 0.321 e. The van der Waals surface area contributed by atoms with Crippen molar-refractivity contribution >= 4 is 40.2 Å². The van der Waals surface area contributed by atoms with Crippen LogP contribution in [0.2, 0.25) is 0 Å². The molecule has 0 heterocycles. The topological polar surface area (TPSA) is 29.1 Å². The quantitative estimate of drug-likeness (QED) is 0.807. The van der Waals surface area contributed by atoms with E-state index >= 15 is 0 Å². The van der Waals surface area contributed by atoms with E-state index in [1.807, 2.05) is 42.5 Å². The standard InChI is InChI=1S/C13H10BrNOS/c14-10-6-2-1-5-9(10)13(16)15-11-7-3-4-8-12(11)17/h1-8,17H,(H,15,16). The van der Waals surface area contributed by atoms with Crippen molar-refractivity contribution in [3.63, 3.8) is 0 Å². The third-order valence-electron chi connectivity index (χ3n) is 2.27. The molecule has 0 radical (unpaired) electrons. The number of benzene rings is 2. The summed E-state index contributed by atoms with van der Waals surface area (Å²) in [6.07, 6.45) is 0. The van der Waals surface area contributed by atoms with Gasteiger partial charge in [-0.15, -0.1) is 12.6 Å². The molecule has 0 aliphatic carbocycles. The van der Waals surface area contributed by atoms with Crippen LogP contribution < -0.4 is 5.32 Å². The second kappa shape index (κ2) is 5.38. The molecule has 86 valence electrons. The van der Waals surface area contributed by atoms with Gasteiger partial charge in [-0.1, -0.05) is 24.3 Å². The van der Waals surface area contributed by atoms with Crippen molar-refractivity contribution in [2.75, 3.05) is 5.32 Å². The van der Waals surface area contributed by atoms with Crippen LogP contribution in [-0.4, -0.2) is 5.91 Å². The van der Waals surface area contributed by atoms with E-state index in [1.165, 1.54) is 0 Å². The molecule has 0 aliphatic rings. The molecular formula is C13H10BrNOS. The van der Waals surface area contributed by atoms with Gasteiger partial charge in [0.25, 0.3) is 5.91 Å². The van der Waals surface area contributed by atoms with Crippen LogP contribution in [0.5, 0.6) is 0 Å². The average molecular weight is 308 g/mol. The van der Waals surface area contributed by atoms with Crippen LogP contribution in [0.3, 0.4) is 0 Å². The molecule has 4 heteroatoms. The zero-order chi connectivity index (χ0) is 12.3. The molecule has 2 nitrogen and oxygen atoms in total. The first-order valence-electron chi connectivity index (χ1n) is 5.02. The summed E-state index contributed by atoms with van der Waals surface area (Å²) >= 11 is 7.63. The smallest absolute Gasteiger partial charge is 0.256 e. The van der Waals surface area contributed by atoms with E-state index in [4.69, 9.17) is 0 Å². The van der Waals surface area contributed by atoms with Gasteiger partial charge in [0.05, 0.1) is 11.3 Å². The summed E-state index contributed by atoms with van der Waals surface area (Å²) in [7, 11) is 0. The van der Waals surface area contributed by atoms with Crippen molar-refractivity contribution in [1.29, 1.82) is 0 Å². The molecule has 1 N–H and O–H groups in total. The van der Waals surface area contributed by atoms with Gasteiger partial charge in [-0.05, 0) is 40.2 Å². The van der Waals surface area contributed by atoms with Gasteiger partial charge in [0.2, 0.25) is 0 Å². The number of halogens is 1. The Hall–Kier alpha value is -1.26. The number of carbonyl (C=O) groups is 1. The molecule has 0 fully saturated rings. The summed E-state index contributed by atoms with van der Waals surface area (Å²) in [6, 6.07) is 14.7. The van der Waals surface area contributed by atoms with Gasteiger partial charge in [-0.2, -0.15) is 0 Å². The number of hydrogen-bond donors (Lipinski definition) is 2. The predicted molar refractivity (Wildman–Crippen MR) is 75.8 cm³/mol. The first kappa shape index (κ1) is 12.2. The van der Waals surface area contributed by atoms with Gasteiger partial charge in [-0.3, -0.25) is 4.79 Å². The molecule has 0 saturated heterocycles. The SMILES string of the molecule is O=C(Nc1ccccc1S)c1ccccc1Br. The van der Waals surface area contributed by atoms with Crippen LogP contribution in [0.25, 0.3) is 0 Å². The van der Waals surface area contributed by atoms with E-state index in [0.717, 1.165) is 9.37 Å². The number of nitrogens with one attached hydrogen (secondary N) is 1. The maximum absolute atomic E-state index is 12.0. The molecule has 0 spiro atoms. The Labute approximate surface area is 114 Å². The minimum Gasteiger partial charge on any atom is -0.321 e. The van der Waals surface area contributed by atoms with Crippen LogP contribution >= 0.6 is 28.6 Å². The zero-order valence-electron chi connectivity index (χ0n) is 8.85. The molecule has 1 amide bonds. The van der Waals surface area contributed by atoms with Gasteiger partial charge < -0.3 is 5.32 Å². The van der Waals surface area contributed by atoms with Crippen LogP contribution in [-0.2, 0) is 0 Å². The summed E-state index contributed by atoms with van der Waals surface area (Å²) < 4.78 is 0.772. The predicted octanol–water partition coefficient (Wildman–Crippen LogP) is 3.99. The fourth-order valence-electron chi connectivity index (χ4n) is 1.41. The highest BCUT2D eigenvalue weighted by Gasteiger charge is 2.10. The van der Waals surface area contributed by atoms with Crippen LogP contribution in [0, 0.1) is 0 Å². The fraction of sp³-hybridized carbons (Fsp3) is 0. The fourth-order valence-corrected chi connectivity index (χ4v) is 2.10. The van der Waals surface area contributed by atoms with Gasteiger partial charge in [0.1, 0.15) is 0 Å². The van der Waals surface area contributed by atoms with Crippen molar-refractivity contribution in [3.05, 3.63) is 58.6 Å². The van der Waals surface area contributed by atoms with Crippen LogP contribution in [0.15, 0.2) is 57.9 Å². The number of thiol groups is 1. The number of anilines is 1. The molecule has 0 bridgehead atoms. The van der Waals surface area contributed by atoms with E-state index in [1.54, 1.807) is 6.07 Å². The number of rotatable bonds is 2. The first-order chi connectivity index (χ1) is 8.18. The van der Waals surface area contributed by atoms with Crippen molar-refractivity contribution in [1.82, 2.24) is 0 Å². The van der Waals surface area contributed by atoms with E-state index in [9.17, 15) is 4.79 Å². The number of hydrogen-bond acceptors (Lipinski definition) is 2. The molecular weight excluding hydrogens is 298 g/mol. The molecule has 0 aliphatic heterocycles. The van der Waals surface area contributed by atoms with Crippen molar-refractivity contribution < 1.29 is 4.79 Å². The Morgan fingerprint density at radius 3 is 2.41 bits per heavy atom. The molecule has 0 atom stereocenters. The lowest BCUT2D eigenvalue weighted by atomic mass is 10.2. The summed E-state index contributed by atoms with van der Waals surface area (Å²) in [5.41, 5.74) is 1.31. The third-order valence-corrected chi connectivity index (χ3v) is 3.35. The molecule has 2 aromatic carbocycles. The summed E-state index contributed by atoms with van der Waals surface area (Å²) in [4.78, 5) is 12.8. The van der Waals surface area contributed by atoms with Gasteiger partial charge in [0, 0.05) is 9.37 Å². The number of carbonyl (C=O) groups excluding carboxylic acids is 1. The molecule has 2 aromatic rings. The summed E-state index contributed by atoms with van der Waals surface area (Å²) in [5, 5.41) is 2.82.